The molecule has 0 aliphatic heterocycles. The van der Waals surface area contributed by atoms with Gasteiger partial charge in [0.25, 0.3) is 5.56 Å². The molecule has 1 N–H and O–H groups in total. The van der Waals surface area contributed by atoms with Crippen molar-refractivity contribution in [1.29, 1.82) is 0 Å². The Bertz CT molecular complexity index is 625. The molecule has 3 rings (SSSR count). The molecule has 1 aliphatic carbocycles. The molecule has 0 bridgehead atoms. The summed E-state index contributed by atoms with van der Waals surface area (Å²) in [6.45, 7) is 0. The molecule has 0 saturated heterocycles. The zero-order valence-electron chi connectivity index (χ0n) is 9.14. The van der Waals surface area contributed by atoms with E-state index in [0.717, 1.165) is 5.69 Å². The molecule has 0 atom stereocenters. The maximum atomic E-state index is 12.1. The lowest BCUT2D eigenvalue weighted by atomic mass is 9.97. The Kier molecular flexibility index (Phi) is 2.18. The van der Waals surface area contributed by atoms with Crippen LogP contribution in [-0.4, -0.2) is 20.5 Å². The average molecular weight is 229 g/mol. The summed E-state index contributed by atoms with van der Waals surface area (Å²) in [6.07, 6.45) is 3.00. The van der Waals surface area contributed by atoms with Crippen LogP contribution in [0.5, 0.6) is 0 Å². The fourth-order valence-electron chi connectivity index (χ4n) is 2.10. The van der Waals surface area contributed by atoms with Gasteiger partial charge in [-0.3, -0.25) is 14.7 Å². The van der Waals surface area contributed by atoms with Crippen molar-refractivity contribution in [2.75, 3.05) is 0 Å². The Balaban J connectivity index is 2.15. The molecule has 0 amide bonds. The van der Waals surface area contributed by atoms with Gasteiger partial charge >= 0.3 is 0 Å². The monoisotopic (exact) mass is 229 g/mol. The van der Waals surface area contributed by atoms with Gasteiger partial charge in [0.2, 0.25) is 0 Å². The summed E-state index contributed by atoms with van der Waals surface area (Å²) in [4.78, 5) is 27.6. The number of rotatable bonds is 1. The van der Waals surface area contributed by atoms with E-state index >= 15 is 0 Å². The van der Waals surface area contributed by atoms with Crippen molar-refractivity contribution in [3.8, 4) is 5.82 Å². The minimum atomic E-state index is -0.160. The van der Waals surface area contributed by atoms with Crippen LogP contribution in [0.25, 0.3) is 5.82 Å². The first-order valence-corrected chi connectivity index (χ1v) is 5.51. The lowest BCUT2D eigenvalue weighted by Gasteiger charge is -2.06. The van der Waals surface area contributed by atoms with Crippen molar-refractivity contribution in [2.24, 2.45) is 0 Å². The normalized spacial score (nSPS) is 14.7. The van der Waals surface area contributed by atoms with Crippen molar-refractivity contribution in [1.82, 2.24) is 14.8 Å². The number of carbonyl (C=O) groups is 1. The Labute approximate surface area is 97.1 Å². The average Bonchev–Trinajstić information content (AvgIpc) is 2.68. The zero-order chi connectivity index (χ0) is 11.8. The molecule has 0 saturated carbocycles. The molecule has 5 nitrogen and oxygen atoms in total. The van der Waals surface area contributed by atoms with E-state index < -0.39 is 0 Å². The lowest BCUT2D eigenvalue weighted by Crippen LogP contribution is -2.21. The van der Waals surface area contributed by atoms with Crippen LogP contribution in [-0.2, 0) is 17.6 Å². The van der Waals surface area contributed by atoms with E-state index in [2.05, 4.69) is 10.1 Å². The van der Waals surface area contributed by atoms with Crippen LogP contribution < -0.4 is 5.56 Å². The number of H-pyrrole nitrogens is 1. The smallest absolute Gasteiger partial charge is 0.276 e. The Hall–Kier alpha value is -2.17. The quantitative estimate of drug-likeness (QED) is 0.779. The van der Waals surface area contributed by atoms with Gasteiger partial charge in [-0.15, -0.1) is 0 Å². The summed E-state index contributed by atoms with van der Waals surface area (Å²) in [5, 5.41) is 3.03. The Morgan fingerprint density at radius 1 is 1.24 bits per heavy atom. The number of fused-ring (bicyclic) bond motifs is 1. The number of pyridine rings is 1. The van der Waals surface area contributed by atoms with Gasteiger partial charge in [-0.1, -0.05) is 6.07 Å². The van der Waals surface area contributed by atoms with Gasteiger partial charge in [0.05, 0.1) is 0 Å². The maximum absolute atomic E-state index is 12.1. The summed E-state index contributed by atoms with van der Waals surface area (Å²) in [6, 6.07) is 5.37. The molecule has 0 fully saturated rings. The first-order chi connectivity index (χ1) is 8.25. The molecule has 5 heteroatoms. The number of aryl methyl sites for hydroxylation is 1. The lowest BCUT2D eigenvalue weighted by molar-refractivity contribution is -0.118. The van der Waals surface area contributed by atoms with Crippen molar-refractivity contribution in [3.05, 3.63) is 46.0 Å². The van der Waals surface area contributed by atoms with Crippen LogP contribution in [0.2, 0.25) is 0 Å². The molecular weight excluding hydrogens is 218 g/mol. The number of Topliss-reactive ketones (excluding diaryl/α,β-unsaturated/α-hetero) is 1. The van der Waals surface area contributed by atoms with Gasteiger partial charge < -0.3 is 0 Å². The third-order valence-corrected chi connectivity index (χ3v) is 2.98. The number of aromatic amines is 1. The van der Waals surface area contributed by atoms with Crippen LogP contribution in [0.1, 0.15) is 17.7 Å². The van der Waals surface area contributed by atoms with Crippen molar-refractivity contribution in [2.45, 2.75) is 19.3 Å². The van der Waals surface area contributed by atoms with Crippen molar-refractivity contribution >= 4 is 5.78 Å². The van der Waals surface area contributed by atoms with Gasteiger partial charge in [-0.05, 0) is 18.6 Å². The second-order valence-corrected chi connectivity index (χ2v) is 4.11. The molecule has 2 aromatic rings. The highest BCUT2D eigenvalue weighted by molar-refractivity contribution is 5.82. The first kappa shape index (κ1) is 10.0. The molecule has 0 unspecified atom stereocenters. The summed E-state index contributed by atoms with van der Waals surface area (Å²) in [5.74, 6) is 0.682. The second-order valence-electron chi connectivity index (χ2n) is 4.11. The molecule has 17 heavy (non-hydrogen) atoms. The van der Waals surface area contributed by atoms with Crippen LogP contribution in [0.15, 0.2) is 29.2 Å². The molecular formula is C12H11N3O2. The van der Waals surface area contributed by atoms with E-state index in [9.17, 15) is 9.59 Å². The van der Waals surface area contributed by atoms with E-state index in [1.807, 2.05) is 6.07 Å². The highest BCUT2D eigenvalue weighted by atomic mass is 16.1. The largest absolute Gasteiger partial charge is 0.299 e. The minimum Gasteiger partial charge on any atom is -0.299 e. The minimum absolute atomic E-state index is 0.127. The molecule has 2 heterocycles. The van der Waals surface area contributed by atoms with E-state index in [-0.39, 0.29) is 17.8 Å². The van der Waals surface area contributed by atoms with E-state index in [1.54, 1.807) is 18.3 Å². The number of ketones is 1. The number of nitrogens with one attached hydrogen (secondary N) is 1. The molecule has 0 spiro atoms. The van der Waals surface area contributed by atoms with Crippen LogP contribution in [0.4, 0.5) is 0 Å². The van der Waals surface area contributed by atoms with E-state index in [4.69, 9.17) is 0 Å². The standard InChI is InChI=1S/C12H11N3O2/c16-8-4-5-10-9(7-8)12(17)15(14-10)11-3-1-2-6-13-11/h1-3,6,14H,4-5,7H2. The second kappa shape index (κ2) is 3.69. The maximum Gasteiger partial charge on any atom is 0.276 e. The Morgan fingerprint density at radius 2 is 2.12 bits per heavy atom. The molecule has 1 aliphatic rings. The fourth-order valence-corrected chi connectivity index (χ4v) is 2.10. The summed E-state index contributed by atoms with van der Waals surface area (Å²) < 4.78 is 1.41. The van der Waals surface area contributed by atoms with Crippen molar-refractivity contribution in [3.63, 3.8) is 0 Å². The predicted octanol–water partition coefficient (Wildman–Crippen LogP) is 0.618. The fraction of sp³-hybridized carbons (Fsp3) is 0.250. The van der Waals surface area contributed by atoms with Gasteiger partial charge in [0, 0.05) is 30.3 Å². The highest BCUT2D eigenvalue weighted by Gasteiger charge is 2.22. The number of carbonyl (C=O) groups excluding carboxylic acids is 1. The third-order valence-electron chi connectivity index (χ3n) is 2.98. The SMILES string of the molecule is O=C1CCc2[nH]n(-c3ccccn3)c(=O)c2C1. The summed E-state index contributed by atoms with van der Waals surface area (Å²) in [5.41, 5.74) is 1.29. The number of hydrogen-bond acceptors (Lipinski definition) is 3. The predicted molar refractivity (Wildman–Crippen MR) is 61.2 cm³/mol. The van der Waals surface area contributed by atoms with Gasteiger partial charge in [0.15, 0.2) is 5.82 Å². The number of aromatic nitrogens is 3. The third kappa shape index (κ3) is 1.60. The zero-order valence-corrected chi connectivity index (χ0v) is 9.14. The van der Waals surface area contributed by atoms with Gasteiger partial charge in [-0.2, -0.15) is 0 Å². The van der Waals surface area contributed by atoms with Gasteiger partial charge in [0.1, 0.15) is 5.78 Å². The number of hydrogen-bond donors (Lipinski definition) is 1. The van der Waals surface area contributed by atoms with Crippen LogP contribution >= 0.6 is 0 Å². The van der Waals surface area contributed by atoms with Crippen molar-refractivity contribution < 1.29 is 4.79 Å². The van der Waals surface area contributed by atoms with Crippen LogP contribution in [0, 0.1) is 0 Å². The summed E-state index contributed by atoms with van der Waals surface area (Å²) >= 11 is 0. The highest BCUT2D eigenvalue weighted by Crippen LogP contribution is 2.14. The molecule has 86 valence electrons. The van der Waals surface area contributed by atoms with Gasteiger partial charge in [-0.25, -0.2) is 9.67 Å². The molecule has 0 radical (unpaired) electrons. The molecule has 0 aromatic carbocycles. The summed E-state index contributed by atoms with van der Waals surface area (Å²) in [7, 11) is 0. The van der Waals surface area contributed by atoms with E-state index in [1.165, 1.54) is 4.68 Å². The van der Waals surface area contributed by atoms with E-state index in [0.29, 0.717) is 24.2 Å². The topological polar surface area (TPSA) is 67.8 Å². The number of nitrogens with zero attached hydrogens (tertiary/aromatic N) is 2. The Morgan fingerprint density at radius 3 is 2.88 bits per heavy atom. The first-order valence-electron chi connectivity index (χ1n) is 5.51. The molecule has 2 aromatic heterocycles. The van der Waals surface area contributed by atoms with Crippen LogP contribution in [0.3, 0.4) is 0 Å².